The quantitative estimate of drug-likeness (QED) is 0.583. The van der Waals surface area contributed by atoms with E-state index in [0.717, 1.165) is 25.4 Å². The molecule has 1 heterocycles. The van der Waals surface area contributed by atoms with Crippen LogP contribution < -0.4 is 10.6 Å². The smallest absolute Gasteiger partial charge is 0.315 e. The monoisotopic (exact) mass is 324 g/mol. The Kier molecular flexibility index (Phi) is 6.57. The zero-order chi connectivity index (χ0) is 15.9. The Morgan fingerprint density at radius 2 is 1.83 bits per heavy atom. The number of rotatable bonds is 6. The first kappa shape index (κ1) is 17.0. The molecule has 0 radical (unpaired) electrons. The molecule has 23 heavy (non-hydrogen) atoms. The van der Waals surface area contributed by atoms with E-state index in [1.54, 1.807) is 0 Å². The van der Waals surface area contributed by atoms with Gasteiger partial charge >= 0.3 is 6.03 Å². The number of urea groups is 1. The second-order valence-corrected chi connectivity index (χ2v) is 7.35. The molecule has 2 aliphatic carbocycles. The minimum absolute atomic E-state index is 0.0593. The molecule has 0 aromatic heterocycles. The third kappa shape index (κ3) is 5.96. The average Bonchev–Trinajstić information content (AvgIpc) is 3.39. The molecule has 3 fully saturated rings. The zero-order valence-electron chi connectivity index (χ0n) is 14.2. The van der Waals surface area contributed by atoms with Crippen LogP contribution in [-0.4, -0.2) is 44.0 Å². The summed E-state index contributed by atoms with van der Waals surface area (Å²) in [7, 11) is 0. The SMILES string of the molecule is O=C(NCCOC1CCCCCC1)N[C@H]1CCO[C@H](C2CC2)C1. The highest BCUT2D eigenvalue weighted by atomic mass is 16.5. The summed E-state index contributed by atoms with van der Waals surface area (Å²) in [4.78, 5) is 12.0. The van der Waals surface area contributed by atoms with E-state index in [1.807, 2.05) is 0 Å². The van der Waals surface area contributed by atoms with Crippen LogP contribution in [0.5, 0.6) is 0 Å². The average molecular weight is 324 g/mol. The molecule has 0 bridgehead atoms. The summed E-state index contributed by atoms with van der Waals surface area (Å²) >= 11 is 0. The highest BCUT2D eigenvalue weighted by Gasteiger charge is 2.36. The summed E-state index contributed by atoms with van der Waals surface area (Å²) in [6.07, 6.45) is 12.9. The fraction of sp³-hybridized carbons (Fsp3) is 0.944. The van der Waals surface area contributed by atoms with Crippen LogP contribution in [0.3, 0.4) is 0 Å². The van der Waals surface area contributed by atoms with Crippen molar-refractivity contribution in [2.45, 2.75) is 82.5 Å². The van der Waals surface area contributed by atoms with Gasteiger partial charge in [0, 0.05) is 19.2 Å². The van der Waals surface area contributed by atoms with E-state index in [-0.39, 0.29) is 12.1 Å². The first-order valence-corrected chi connectivity index (χ1v) is 9.59. The first-order chi connectivity index (χ1) is 11.3. The van der Waals surface area contributed by atoms with E-state index in [1.165, 1.54) is 51.4 Å². The molecule has 2 N–H and O–H groups in total. The first-order valence-electron chi connectivity index (χ1n) is 9.59. The van der Waals surface area contributed by atoms with Gasteiger partial charge in [-0.15, -0.1) is 0 Å². The van der Waals surface area contributed by atoms with Crippen molar-refractivity contribution in [3.05, 3.63) is 0 Å². The molecule has 3 aliphatic rings. The van der Waals surface area contributed by atoms with Gasteiger partial charge in [0.1, 0.15) is 0 Å². The summed E-state index contributed by atoms with van der Waals surface area (Å²) < 4.78 is 11.7. The number of ether oxygens (including phenoxy) is 2. The van der Waals surface area contributed by atoms with Gasteiger partial charge < -0.3 is 20.1 Å². The van der Waals surface area contributed by atoms with Crippen LogP contribution >= 0.6 is 0 Å². The maximum atomic E-state index is 12.0. The van der Waals surface area contributed by atoms with Crippen LogP contribution in [-0.2, 0) is 9.47 Å². The van der Waals surface area contributed by atoms with E-state index in [0.29, 0.717) is 25.4 Å². The minimum atomic E-state index is -0.0593. The molecule has 0 aromatic rings. The van der Waals surface area contributed by atoms with E-state index in [4.69, 9.17) is 9.47 Å². The Bertz CT molecular complexity index is 365. The topological polar surface area (TPSA) is 59.6 Å². The Labute approximate surface area is 139 Å². The second-order valence-electron chi connectivity index (χ2n) is 7.35. The predicted molar refractivity (Wildman–Crippen MR) is 89.5 cm³/mol. The summed E-state index contributed by atoms with van der Waals surface area (Å²) in [5.74, 6) is 0.746. The van der Waals surface area contributed by atoms with Crippen molar-refractivity contribution in [2.75, 3.05) is 19.8 Å². The van der Waals surface area contributed by atoms with Crippen molar-refractivity contribution in [1.82, 2.24) is 10.6 Å². The largest absolute Gasteiger partial charge is 0.378 e. The second kappa shape index (κ2) is 8.88. The van der Waals surface area contributed by atoms with Gasteiger partial charge in [0.15, 0.2) is 0 Å². The van der Waals surface area contributed by atoms with Crippen LogP contribution in [0.4, 0.5) is 4.79 Å². The van der Waals surface area contributed by atoms with Gasteiger partial charge in [-0.25, -0.2) is 4.79 Å². The summed E-state index contributed by atoms with van der Waals surface area (Å²) in [6.45, 7) is 1.99. The molecule has 1 saturated heterocycles. The molecule has 0 aromatic carbocycles. The van der Waals surface area contributed by atoms with E-state index >= 15 is 0 Å². The number of hydrogen-bond acceptors (Lipinski definition) is 3. The highest BCUT2D eigenvalue weighted by molar-refractivity contribution is 5.74. The van der Waals surface area contributed by atoms with E-state index in [9.17, 15) is 4.79 Å². The van der Waals surface area contributed by atoms with Crippen molar-refractivity contribution < 1.29 is 14.3 Å². The fourth-order valence-corrected chi connectivity index (χ4v) is 3.79. The molecule has 1 aliphatic heterocycles. The van der Waals surface area contributed by atoms with Crippen molar-refractivity contribution in [3.8, 4) is 0 Å². The molecular weight excluding hydrogens is 292 g/mol. The van der Waals surface area contributed by atoms with Gasteiger partial charge in [0.05, 0.1) is 18.8 Å². The molecule has 5 nitrogen and oxygen atoms in total. The number of nitrogens with one attached hydrogen (secondary N) is 2. The number of carbonyl (C=O) groups excluding carboxylic acids is 1. The summed E-state index contributed by atoms with van der Waals surface area (Å²) in [5.41, 5.74) is 0. The van der Waals surface area contributed by atoms with Crippen LogP contribution in [0, 0.1) is 5.92 Å². The minimum Gasteiger partial charge on any atom is -0.378 e. The van der Waals surface area contributed by atoms with Gasteiger partial charge in [-0.3, -0.25) is 0 Å². The van der Waals surface area contributed by atoms with Crippen molar-refractivity contribution in [1.29, 1.82) is 0 Å². The van der Waals surface area contributed by atoms with Crippen LogP contribution in [0.1, 0.15) is 64.2 Å². The third-order valence-corrected chi connectivity index (χ3v) is 5.34. The molecular formula is C18H32N2O3. The Balaban J connectivity index is 1.25. The molecule has 132 valence electrons. The molecule has 2 saturated carbocycles. The van der Waals surface area contributed by atoms with Crippen molar-refractivity contribution >= 4 is 6.03 Å². The van der Waals surface area contributed by atoms with Gasteiger partial charge in [-0.2, -0.15) is 0 Å². The molecule has 3 rings (SSSR count). The standard InChI is InChI=1S/C18H32N2O3/c21-18(19-10-12-22-16-5-3-1-2-4-6-16)20-15-9-11-23-17(13-15)14-7-8-14/h14-17H,1-13H2,(H2,19,20,21)/t15-,17-/m0/s1. The third-order valence-electron chi connectivity index (χ3n) is 5.34. The number of amides is 2. The van der Waals surface area contributed by atoms with Crippen molar-refractivity contribution in [3.63, 3.8) is 0 Å². The van der Waals surface area contributed by atoms with Gasteiger partial charge in [0.25, 0.3) is 0 Å². The zero-order valence-corrected chi connectivity index (χ0v) is 14.2. The Morgan fingerprint density at radius 1 is 1.04 bits per heavy atom. The lowest BCUT2D eigenvalue weighted by Gasteiger charge is -2.30. The lowest BCUT2D eigenvalue weighted by Crippen LogP contribution is -2.47. The Hall–Kier alpha value is -0.810. The van der Waals surface area contributed by atoms with Crippen molar-refractivity contribution in [2.24, 2.45) is 5.92 Å². The maximum Gasteiger partial charge on any atom is 0.315 e. The number of carbonyl (C=O) groups is 1. The molecule has 2 atom stereocenters. The van der Waals surface area contributed by atoms with Gasteiger partial charge in [-0.05, 0) is 44.4 Å². The molecule has 5 heteroatoms. The number of hydrogen-bond donors (Lipinski definition) is 2. The van der Waals surface area contributed by atoms with Crippen LogP contribution in [0.25, 0.3) is 0 Å². The van der Waals surface area contributed by atoms with Gasteiger partial charge in [-0.1, -0.05) is 25.7 Å². The summed E-state index contributed by atoms with van der Waals surface area (Å²) in [5, 5.41) is 6.02. The summed E-state index contributed by atoms with van der Waals surface area (Å²) in [6, 6.07) is 0.202. The van der Waals surface area contributed by atoms with E-state index in [2.05, 4.69) is 10.6 Å². The van der Waals surface area contributed by atoms with Crippen LogP contribution in [0.2, 0.25) is 0 Å². The maximum absolute atomic E-state index is 12.0. The molecule has 0 spiro atoms. The lowest BCUT2D eigenvalue weighted by molar-refractivity contribution is -0.00923. The normalized spacial score (nSPS) is 29.7. The van der Waals surface area contributed by atoms with Crippen LogP contribution in [0.15, 0.2) is 0 Å². The predicted octanol–water partition coefficient (Wildman–Crippen LogP) is 2.98. The van der Waals surface area contributed by atoms with E-state index < -0.39 is 0 Å². The highest BCUT2D eigenvalue weighted by Crippen LogP contribution is 2.38. The fourth-order valence-electron chi connectivity index (χ4n) is 3.79. The van der Waals surface area contributed by atoms with Gasteiger partial charge in [0.2, 0.25) is 0 Å². The Morgan fingerprint density at radius 3 is 2.57 bits per heavy atom. The molecule has 0 unspecified atom stereocenters. The molecule has 2 amide bonds. The lowest BCUT2D eigenvalue weighted by atomic mass is 10.0.